The summed E-state index contributed by atoms with van der Waals surface area (Å²) in [6.45, 7) is 6.40. The molecule has 0 fully saturated rings. The number of benzene rings is 1. The largest absolute Gasteiger partial charge is 0.302 e. The molecule has 16 heavy (non-hydrogen) atoms. The lowest BCUT2D eigenvalue weighted by molar-refractivity contribution is 0.303. The SMILES string of the molecule is CC(C)CCN(C)Cc1ccccc1C#N. The van der Waals surface area contributed by atoms with Gasteiger partial charge >= 0.3 is 0 Å². The van der Waals surface area contributed by atoms with Gasteiger partial charge in [-0.1, -0.05) is 32.0 Å². The molecule has 0 heterocycles. The molecule has 0 bridgehead atoms. The fourth-order valence-electron chi connectivity index (χ4n) is 1.62. The second-order valence-electron chi connectivity index (χ2n) is 4.69. The van der Waals surface area contributed by atoms with Gasteiger partial charge in [-0.2, -0.15) is 5.26 Å². The van der Waals surface area contributed by atoms with E-state index in [2.05, 4.69) is 31.9 Å². The Morgan fingerprint density at radius 3 is 2.62 bits per heavy atom. The van der Waals surface area contributed by atoms with Crippen LogP contribution in [0.25, 0.3) is 0 Å². The number of nitrogens with zero attached hydrogens (tertiary/aromatic N) is 2. The molecule has 0 unspecified atom stereocenters. The van der Waals surface area contributed by atoms with Crippen LogP contribution in [0, 0.1) is 17.2 Å². The smallest absolute Gasteiger partial charge is 0.0995 e. The lowest BCUT2D eigenvalue weighted by Crippen LogP contribution is -2.20. The Kier molecular flexibility index (Phi) is 5.01. The highest BCUT2D eigenvalue weighted by Gasteiger charge is 2.05. The maximum atomic E-state index is 8.98. The van der Waals surface area contributed by atoms with Gasteiger partial charge in [0.25, 0.3) is 0 Å². The molecule has 0 saturated heterocycles. The van der Waals surface area contributed by atoms with E-state index in [1.54, 1.807) is 0 Å². The Bertz CT molecular complexity index is 363. The van der Waals surface area contributed by atoms with Gasteiger partial charge < -0.3 is 4.90 Å². The minimum Gasteiger partial charge on any atom is -0.302 e. The summed E-state index contributed by atoms with van der Waals surface area (Å²) in [5.74, 6) is 0.730. The summed E-state index contributed by atoms with van der Waals surface area (Å²) in [6.07, 6.45) is 1.20. The van der Waals surface area contributed by atoms with Crippen LogP contribution in [-0.2, 0) is 6.54 Å². The summed E-state index contributed by atoms with van der Waals surface area (Å²) in [5, 5.41) is 8.98. The molecule has 0 radical (unpaired) electrons. The van der Waals surface area contributed by atoms with Gasteiger partial charge in [-0.15, -0.1) is 0 Å². The van der Waals surface area contributed by atoms with Crippen molar-refractivity contribution in [3.05, 3.63) is 35.4 Å². The van der Waals surface area contributed by atoms with Gasteiger partial charge in [0.05, 0.1) is 11.6 Å². The normalized spacial score (nSPS) is 10.8. The van der Waals surface area contributed by atoms with E-state index in [0.29, 0.717) is 0 Å². The minimum atomic E-state index is 0.730. The highest BCUT2D eigenvalue weighted by atomic mass is 15.1. The molecule has 0 N–H and O–H groups in total. The Balaban J connectivity index is 2.56. The predicted octanol–water partition coefficient (Wildman–Crippen LogP) is 3.04. The second kappa shape index (κ2) is 6.30. The molecule has 0 spiro atoms. The molecule has 0 amide bonds. The number of rotatable bonds is 5. The average molecular weight is 216 g/mol. The third kappa shape index (κ3) is 4.04. The zero-order valence-electron chi connectivity index (χ0n) is 10.4. The molecule has 0 aliphatic heterocycles. The van der Waals surface area contributed by atoms with Crippen LogP contribution in [0.2, 0.25) is 0 Å². The summed E-state index contributed by atoms with van der Waals surface area (Å²) in [4.78, 5) is 2.27. The third-order valence-corrected chi connectivity index (χ3v) is 2.67. The summed E-state index contributed by atoms with van der Waals surface area (Å²) in [5.41, 5.74) is 1.91. The van der Waals surface area contributed by atoms with E-state index < -0.39 is 0 Å². The first kappa shape index (κ1) is 12.7. The van der Waals surface area contributed by atoms with Gasteiger partial charge in [-0.25, -0.2) is 0 Å². The highest BCUT2D eigenvalue weighted by Crippen LogP contribution is 2.10. The number of hydrogen-bond acceptors (Lipinski definition) is 2. The van der Waals surface area contributed by atoms with Gasteiger partial charge in [0, 0.05) is 6.54 Å². The van der Waals surface area contributed by atoms with E-state index in [1.807, 2.05) is 24.3 Å². The molecular weight excluding hydrogens is 196 g/mol. The molecule has 0 atom stereocenters. The van der Waals surface area contributed by atoms with Gasteiger partial charge in [0.2, 0.25) is 0 Å². The van der Waals surface area contributed by atoms with Crippen LogP contribution in [0.4, 0.5) is 0 Å². The van der Waals surface area contributed by atoms with Crippen molar-refractivity contribution in [1.29, 1.82) is 5.26 Å². The van der Waals surface area contributed by atoms with Crippen molar-refractivity contribution in [2.75, 3.05) is 13.6 Å². The molecule has 0 saturated carbocycles. The summed E-state index contributed by atoms with van der Waals surface area (Å²) in [7, 11) is 2.11. The maximum Gasteiger partial charge on any atom is 0.0995 e. The molecule has 2 heteroatoms. The van der Waals surface area contributed by atoms with Crippen molar-refractivity contribution < 1.29 is 0 Å². The van der Waals surface area contributed by atoms with Crippen LogP contribution in [0.5, 0.6) is 0 Å². The predicted molar refractivity (Wildman–Crippen MR) is 66.9 cm³/mol. The van der Waals surface area contributed by atoms with Crippen molar-refractivity contribution in [2.45, 2.75) is 26.8 Å². The molecular formula is C14H20N2. The van der Waals surface area contributed by atoms with Gasteiger partial charge in [0.1, 0.15) is 0 Å². The highest BCUT2D eigenvalue weighted by molar-refractivity contribution is 5.37. The Hall–Kier alpha value is -1.33. The van der Waals surface area contributed by atoms with Gasteiger partial charge in [-0.05, 0) is 37.6 Å². The molecule has 86 valence electrons. The van der Waals surface area contributed by atoms with Crippen LogP contribution < -0.4 is 0 Å². The molecule has 0 aliphatic carbocycles. The van der Waals surface area contributed by atoms with Crippen LogP contribution in [0.15, 0.2) is 24.3 Å². The van der Waals surface area contributed by atoms with Crippen molar-refractivity contribution in [1.82, 2.24) is 4.90 Å². The molecule has 0 aliphatic rings. The second-order valence-corrected chi connectivity index (χ2v) is 4.69. The summed E-state index contributed by atoms with van der Waals surface area (Å²) < 4.78 is 0. The van der Waals surface area contributed by atoms with Crippen LogP contribution in [0.1, 0.15) is 31.4 Å². The third-order valence-electron chi connectivity index (χ3n) is 2.67. The molecule has 0 aromatic heterocycles. The molecule has 2 nitrogen and oxygen atoms in total. The first-order valence-corrected chi connectivity index (χ1v) is 5.80. The van der Waals surface area contributed by atoms with Crippen LogP contribution in [0.3, 0.4) is 0 Å². The van der Waals surface area contributed by atoms with E-state index in [-0.39, 0.29) is 0 Å². The van der Waals surface area contributed by atoms with E-state index in [1.165, 1.54) is 6.42 Å². The number of hydrogen-bond donors (Lipinski definition) is 0. The lowest BCUT2D eigenvalue weighted by atomic mass is 10.1. The molecule has 1 rings (SSSR count). The van der Waals surface area contributed by atoms with Crippen molar-refractivity contribution >= 4 is 0 Å². The fraction of sp³-hybridized carbons (Fsp3) is 0.500. The zero-order valence-corrected chi connectivity index (χ0v) is 10.4. The minimum absolute atomic E-state index is 0.730. The summed E-state index contributed by atoms with van der Waals surface area (Å²) >= 11 is 0. The standard InChI is InChI=1S/C14H20N2/c1-12(2)8-9-16(3)11-14-7-5-4-6-13(14)10-15/h4-7,12H,8-9,11H2,1-3H3. The molecule has 1 aromatic carbocycles. The fourth-order valence-corrected chi connectivity index (χ4v) is 1.62. The first-order chi connectivity index (χ1) is 7.63. The number of nitriles is 1. The van der Waals surface area contributed by atoms with Crippen LogP contribution >= 0.6 is 0 Å². The van der Waals surface area contributed by atoms with Gasteiger partial charge in [-0.3, -0.25) is 0 Å². The lowest BCUT2D eigenvalue weighted by Gasteiger charge is -2.18. The van der Waals surface area contributed by atoms with Crippen molar-refractivity contribution in [3.8, 4) is 6.07 Å². The maximum absolute atomic E-state index is 8.98. The van der Waals surface area contributed by atoms with Crippen molar-refractivity contribution in [3.63, 3.8) is 0 Å². The quantitative estimate of drug-likeness (QED) is 0.756. The monoisotopic (exact) mass is 216 g/mol. The van der Waals surface area contributed by atoms with Crippen molar-refractivity contribution in [2.24, 2.45) is 5.92 Å². The topological polar surface area (TPSA) is 27.0 Å². The average Bonchev–Trinajstić information content (AvgIpc) is 2.27. The zero-order chi connectivity index (χ0) is 12.0. The Morgan fingerprint density at radius 2 is 2.00 bits per heavy atom. The van der Waals surface area contributed by atoms with Crippen LogP contribution in [-0.4, -0.2) is 18.5 Å². The Labute approximate surface area is 98.5 Å². The van der Waals surface area contributed by atoms with E-state index >= 15 is 0 Å². The van der Waals surface area contributed by atoms with E-state index in [0.717, 1.165) is 30.1 Å². The summed E-state index contributed by atoms with van der Waals surface area (Å²) in [6, 6.07) is 10.1. The molecule has 1 aromatic rings. The Morgan fingerprint density at radius 1 is 1.31 bits per heavy atom. The first-order valence-electron chi connectivity index (χ1n) is 5.80. The van der Waals surface area contributed by atoms with E-state index in [9.17, 15) is 0 Å². The van der Waals surface area contributed by atoms with Gasteiger partial charge in [0.15, 0.2) is 0 Å². The van der Waals surface area contributed by atoms with E-state index in [4.69, 9.17) is 5.26 Å².